The first-order valence-corrected chi connectivity index (χ1v) is 7.53. The molecular formula is C16H23FN2O2. The van der Waals surface area contributed by atoms with Gasteiger partial charge < -0.3 is 15.4 Å². The first kappa shape index (κ1) is 15.8. The number of carbonyl (C=O) groups excluding carboxylic acids is 1. The number of halogens is 1. The van der Waals surface area contributed by atoms with Gasteiger partial charge in [-0.2, -0.15) is 0 Å². The molecule has 1 saturated heterocycles. The summed E-state index contributed by atoms with van der Waals surface area (Å²) < 4.78 is 19.3. The molecule has 116 valence electrons. The number of amides is 1. The van der Waals surface area contributed by atoms with Crippen molar-refractivity contribution in [2.75, 3.05) is 17.2 Å². The summed E-state index contributed by atoms with van der Waals surface area (Å²) in [6, 6.07) is 5.04. The Morgan fingerprint density at radius 3 is 3.00 bits per heavy atom. The molecule has 2 rings (SSSR count). The van der Waals surface area contributed by atoms with Gasteiger partial charge in [0.1, 0.15) is 5.82 Å². The topological polar surface area (TPSA) is 50.4 Å². The lowest BCUT2D eigenvalue weighted by molar-refractivity contribution is -0.114. The predicted octanol–water partition coefficient (Wildman–Crippen LogP) is 3.54. The highest BCUT2D eigenvalue weighted by molar-refractivity contribution is 5.89. The van der Waals surface area contributed by atoms with E-state index in [-0.39, 0.29) is 11.6 Å². The molecule has 5 heteroatoms. The van der Waals surface area contributed by atoms with Crippen molar-refractivity contribution in [3.8, 4) is 0 Å². The summed E-state index contributed by atoms with van der Waals surface area (Å²) in [5.41, 5.74) is 1.03. The van der Waals surface area contributed by atoms with Crippen LogP contribution in [0.4, 0.5) is 15.8 Å². The Balaban J connectivity index is 2.00. The minimum atomic E-state index is -0.424. The van der Waals surface area contributed by atoms with Crippen LogP contribution in [-0.4, -0.2) is 24.7 Å². The summed E-state index contributed by atoms with van der Waals surface area (Å²) in [4.78, 5) is 11.1. The van der Waals surface area contributed by atoms with Crippen molar-refractivity contribution in [1.82, 2.24) is 0 Å². The van der Waals surface area contributed by atoms with Crippen LogP contribution in [0.25, 0.3) is 0 Å². The summed E-state index contributed by atoms with van der Waals surface area (Å²) >= 11 is 0. The van der Waals surface area contributed by atoms with E-state index in [1.807, 2.05) is 0 Å². The number of ether oxygens (including phenoxy) is 1. The molecule has 4 nitrogen and oxygen atoms in total. The Bertz CT molecular complexity index is 491. The van der Waals surface area contributed by atoms with Crippen LogP contribution in [0.3, 0.4) is 0 Å². The quantitative estimate of drug-likeness (QED) is 0.873. The Labute approximate surface area is 125 Å². The normalized spacial score (nSPS) is 21.9. The molecule has 0 saturated carbocycles. The molecule has 1 aliphatic rings. The van der Waals surface area contributed by atoms with E-state index < -0.39 is 5.82 Å². The van der Waals surface area contributed by atoms with Gasteiger partial charge in [0.25, 0.3) is 0 Å². The van der Waals surface area contributed by atoms with Gasteiger partial charge >= 0.3 is 0 Å². The smallest absolute Gasteiger partial charge is 0.221 e. The molecule has 2 atom stereocenters. The van der Waals surface area contributed by atoms with Gasteiger partial charge in [-0.15, -0.1) is 0 Å². The highest BCUT2D eigenvalue weighted by atomic mass is 19.1. The predicted molar refractivity (Wildman–Crippen MR) is 82.0 cm³/mol. The molecule has 1 amide bonds. The highest BCUT2D eigenvalue weighted by Crippen LogP contribution is 2.24. The number of carbonyl (C=O) groups is 1. The van der Waals surface area contributed by atoms with E-state index in [1.165, 1.54) is 13.0 Å². The summed E-state index contributed by atoms with van der Waals surface area (Å²) in [6.45, 7) is 4.27. The average molecular weight is 294 g/mol. The van der Waals surface area contributed by atoms with Gasteiger partial charge in [0.05, 0.1) is 11.8 Å². The minimum Gasteiger partial charge on any atom is -0.382 e. The maximum atomic E-state index is 13.6. The zero-order valence-electron chi connectivity index (χ0n) is 12.6. The zero-order valence-corrected chi connectivity index (χ0v) is 12.6. The van der Waals surface area contributed by atoms with Gasteiger partial charge in [0.2, 0.25) is 5.91 Å². The van der Waals surface area contributed by atoms with Crippen molar-refractivity contribution < 1.29 is 13.9 Å². The molecule has 0 aliphatic carbocycles. The first-order valence-electron chi connectivity index (χ1n) is 7.53. The van der Waals surface area contributed by atoms with Crippen molar-refractivity contribution in [3.63, 3.8) is 0 Å². The van der Waals surface area contributed by atoms with Crippen molar-refractivity contribution in [1.29, 1.82) is 0 Å². The van der Waals surface area contributed by atoms with E-state index in [1.54, 1.807) is 12.1 Å². The second kappa shape index (κ2) is 7.41. The standard InChI is InChI=1S/C16H23FN2O2/c1-3-4-14-9-13(7-8-21-14)19-12-5-6-15(17)16(10-12)18-11(2)20/h5-6,10,13-14,19H,3-4,7-9H2,1-2H3,(H,18,20). The van der Waals surface area contributed by atoms with Gasteiger partial charge in [0, 0.05) is 25.3 Å². The van der Waals surface area contributed by atoms with Crippen molar-refractivity contribution in [3.05, 3.63) is 24.0 Å². The van der Waals surface area contributed by atoms with Crippen molar-refractivity contribution in [2.24, 2.45) is 0 Å². The minimum absolute atomic E-state index is 0.213. The third kappa shape index (κ3) is 4.70. The second-order valence-corrected chi connectivity index (χ2v) is 5.52. The molecule has 0 aromatic heterocycles. The van der Waals surface area contributed by atoms with E-state index in [4.69, 9.17) is 4.74 Å². The highest BCUT2D eigenvalue weighted by Gasteiger charge is 2.22. The Hall–Kier alpha value is -1.62. The molecule has 1 aromatic rings. The zero-order chi connectivity index (χ0) is 15.2. The Morgan fingerprint density at radius 1 is 1.48 bits per heavy atom. The fourth-order valence-electron chi connectivity index (χ4n) is 2.67. The van der Waals surface area contributed by atoms with Crippen LogP contribution in [0.2, 0.25) is 0 Å². The largest absolute Gasteiger partial charge is 0.382 e. The number of hydrogen-bond donors (Lipinski definition) is 2. The molecule has 0 spiro atoms. The van der Waals surface area contributed by atoms with Crippen molar-refractivity contribution in [2.45, 2.75) is 51.7 Å². The summed E-state index contributed by atoms with van der Waals surface area (Å²) in [6.07, 6.45) is 4.38. The van der Waals surface area contributed by atoms with Gasteiger partial charge in [-0.25, -0.2) is 4.39 Å². The summed E-state index contributed by atoms with van der Waals surface area (Å²) in [7, 11) is 0. The molecule has 1 heterocycles. The molecular weight excluding hydrogens is 271 g/mol. The summed E-state index contributed by atoms with van der Waals surface area (Å²) in [5, 5.41) is 5.91. The Morgan fingerprint density at radius 2 is 2.29 bits per heavy atom. The molecule has 0 radical (unpaired) electrons. The van der Waals surface area contributed by atoms with Crippen LogP contribution in [0.15, 0.2) is 18.2 Å². The van der Waals surface area contributed by atoms with E-state index in [9.17, 15) is 9.18 Å². The lowest BCUT2D eigenvalue weighted by Crippen LogP contribution is -2.34. The molecule has 21 heavy (non-hydrogen) atoms. The third-order valence-electron chi connectivity index (χ3n) is 3.63. The van der Waals surface area contributed by atoms with Crippen LogP contribution in [0, 0.1) is 5.82 Å². The molecule has 1 fully saturated rings. The maximum absolute atomic E-state index is 13.6. The van der Waals surface area contributed by atoms with E-state index in [2.05, 4.69) is 17.6 Å². The molecule has 0 bridgehead atoms. The maximum Gasteiger partial charge on any atom is 0.221 e. The van der Waals surface area contributed by atoms with E-state index in [0.29, 0.717) is 12.1 Å². The lowest BCUT2D eigenvalue weighted by Gasteiger charge is -2.30. The number of rotatable bonds is 5. The fourth-order valence-corrected chi connectivity index (χ4v) is 2.67. The van der Waals surface area contributed by atoms with Gasteiger partial charge in [-0.1, -0.05) is 13.3 Å². The molecule has 1 aliphatic heterocycles. The SMILES string of the molecule is CCCC1CC(Nc2ccc(F)c(NC(C)=O)c2)CCO1. The van der Waals surface area contributed by atoms with Crippen LogP contribution < -0.4 is 10.6 Å². The van der Waals surface area contributed by atoms with Crippen LogP contribution in [0.5, 0.6) is 0 Å². The van der Waals surface area contributed by atoms with E-state index >= 15 is 0 Å². The molecule has 2 unspecified atom stereocenters. The van der Waals surface area contributed by atoms with Crippen molar-refractivity contribution >= 4 is 17.3 Å². The number of nitrogens with one attached hydrogen (secondary N) is 2. The third-order valence-corrected chi connectivity index (χ3v) is 3.63. The summed E-state index contributed by atoms with van der Waals surface area (Å²) in [5.74, 6) is -0.702. The van der Waals surface area contributed by atoms with Crippen LogP contribution in [-0.2, 0) is 9.53 Å². The van der Waals surface area contributed by atoms with Crippen LogP contribution in [0.1, 0.15) is 39.5 Å². The lowest BCUT2D eigenvalue weighted by atomic mass is 10.00. The number of hydrogen-bond acceptors (Lipinski definition) is 3. The average Bonchev–Trinajstić information content (AvgIpc) is 2.43. The van der Waals surface area contributed by atoms with Gasteiger partial charge in [0.15, 0.2) is 0 Å². The first-order chi connectivity index (χ1) is 10.1. The number of anilines is 2. The monoisotopic (exact) mass is 294 g/mol. The number of benzene rings is 1. The van der Waals surface area contributed by atoms with Gasteiger partial charge in [-0.05, 0) is 37.5 Å². The Kier molecular flexibility index (Phi) is 5.56. The fraction of sp³-hybridized carbons (Fsp3) is 0.562. The second-order valence-electron chi connectivity index (χ2n) is 5.52. The van der Waals surface area contributed by atoms with Crippen LogP contribution >= 0.6 is 0 Å². The molecule has 1 aromatic carbocycles. The van der Waals surface area contributed by atoms with E-state index in [0.717, 1.165) is 38.0 Å². The van der Waals surface area contributed by atoms with Gasteiger partial charge in [-0.3, -0.25) is 4.79 Å². The molecule has 2 N–H and O–H groups in total.